The molecule has 1 fully saturated rings. The molecule has 1 aromatic rings. The van der Waals surface area contributed by atoms with E-state index in [0.717, 1.165) is 38.4 Å². The van der Waals surface area contributed by atoms with E-state index in [1.54, 1.807) is 6.07 Å². The smallest absolute Gasteiger partial charge is 0.128 e. The van der Waals surface area contributed by atoms with Gasteiger partial charge in [-0.1, -0.05) is 0 Å². The predicted molar refractivity (Wildman–Crippen MR) is 80.2 cm³/mol. The molecule has 20 heavy (non-hydrogen) atoms. The van der Waals surface area contributed by atoms with E-state index >= 15 is 0 Å². The summed E-state index contributed by atoms with van der Waals surface area (Å²) in [4.78, 5) is 6.53. The van der Waals surface area contributed by atoms with Crippen molar-refractivity contribution < 1.29 is 9.13 Å². The summed E-state index contributed by atoms with van der Waals surface area (Å²) in [6.45, 7) is 5.26. The van der Waals surface area contributed by atoms with Gasteiger partial charge in [0.1, 0.15) is 18.2 Å². The SMILES string of the molecule is CN(C)CCOc1cc(F)cc(N2CCN(C)CC2)c1. The highest BCUT2D eigenvalue weighted by atomic mass is 19.1. The second-order valence-electron chi connectivity index (χ2n) is 5.59. The molecule has 0 N–H and O–H groups in total. The Morgan fingerprint density at radius 1 is 1.15 bits per heavy atom. The van der Waals surface area contributed by atoms with Crippen LogP contribution in [0.5, 0.6) is 5.75 Å². The molecular formula is C15H24FN3O. The van der Waals surface area contributed by atoms with Crippen LogP contribution in [0.15, 0.2) is 18.2 Å². The van der Waals surface area contributed by atoms with Gasteiger partial charge in [-0.2, -0.15) is 0 Å². The number of benzene rings is 1. The fraction of sp³-hybridized carbons (Fsp3) is 0.600. The molecule has 0 radical (unpaired) electrons. The topological polar surface area (TPSA) is 19.0 Å². The van der Waals surface area contributed by atoms with Gasteiger partial charge >= 0.3 is 0 Å². The van der Waals surface area contributed by atoms with Gasteiger partial charge in [-0.05, 0) is 27.2 Å². The first-order valence-electron chi connectivity index (χ1n) is 7.06. The summed E-state index contributed by atoms with van der Waals surface area (Å²) in [7, 11) is 6.09. The Morgan fingerprint density at radius 3 is 2.50 bits per heavy atom. The Bertz CT molecular complexity index is 431. The molecule has 0 atom stereocenters. The van der Waals surface area contributed by atoms with Gasteiger partial charge in [0.25, 0.3) is 0 Å². The van der Waals surface area contributed by atoms with Crippen molar-refractivity contribution in [3.05, 3.63) is 24.0 Å². The lowest BCUT2D eigenvalue weighted by Crippen LogP contribution is -2.44. The maximum Gasteiger partial charge on any atom is 0.128 e. The molecule has 0 amide bonds. The zero-order valence-corrected chi connectivity index (χ0v) is 12.6. The summed E-state index contributed by atoms with van der Waals surface area (Å²) >= 11 is 0. The number of halogens is 1. The van der Waals surface area contributed by atoms with Crippen LogP contribution in [0.1, 0.15) is 0 Å². The number of piperazine rings is 1. The van der Waals surface area contributed by atoms with Crippen LogP contribution in [0.2, 0.25) is 0 Å². The number of hydrogen-bond acceptors (Lipinski definition) is 4. The van der Waals surface area contributed by atoms with Gasteiger partial charge in [0, 0.05) is 50.5 Å². The van der Waals surface area contributed by atoms with Crippen LogP contribution in [0.3, 0.4) is 0 Å². The summed E-state index contributed by atoms with van der Waals surface area (Å²) in [6.07, 6.45) is 0. The molecule has 0 spiro atoms. The monoisotopic (exact) mass is 281 g/mol. The summed E-state index contributed by atoms with van der Waals surface area (Å²) in [6, 6.07) is 4.98. The zero-order chi connectivity index (χ0) is 14.5. The molecular weight excluding hydrogens is 257 g/mol. The van der Waals surface area contributed by atoms with Crippen molar-refractivity contribution in [1.29, 1.82) is 0 Å². The van der Waals surface area contributed by atoms with Crippen molar-refractivity contribution in [1.82, 2.24) is 9.80 Å². The van der Waals surface area contributed by atoms with E-state index in [1.807, 2.05) is 25.1 Å². The molecule has 5 heteroatoms. The van der Waals surface area contributed by atoms with Gasteiger partial charge in [0.15, 0.2) is 0 Å². The Hall–Kier alpha value is -1.33. The fourth-order valence-corrected chi connectivity index (χ4v) is 2.22. The van der Waals surface area contributed by atoms with E-state index in [4.69, 9.17) is 4.74 Å². The largest absolute Gasteiger partial charge is 0.492 e. The van der Waals surface area contributed by atoms with E-state index in [2.05, 4.69) is 16.8 Å². The first-order chi connectivity index (χ1) is 9.54. The number of ether oxygens (including phenoxy) is 1. The molecule has 2 rings (SSSR count). The number of rotatable bonds is 5. The minimum absolute atomic E-state index is 0.235. The normalized spacial score (nSPS) is 16.8. The number of hydrogen-bond donors (Lipinski definition) is 0. The average Bonchev–Trinajstić information content (AvgIpc) is 2.38. The minimum Gasteiger partial charge on any atom is -0.492 e. The quantitative estimate of drug-likeness (QED) is 0.814. The molecule has 112 valence electrons. The molecule has 1 aliphatic heterocycles. The van der Waals surface area contributed by atoms with E-state index in [9.17, 15) is 4.39 Å². The van der Waals surface area contributed by atoms with Crippen LogP contribution in [0, 0.1) is 5.82 Å². The highest BCUT2D eigenvalue weighted by Crippen LogP contribution is 2.24. The summed E-state index contributed by atoms with van der Waals surface area (Å²) in [5.41, 5.74) is 0.915. The van der Waals surface area contributed by atoms with Crippen molar-refractivity contribution in [3.8, 4) is 5.75 Å². The maximum atomic E-state index is 13.7. The van der Waals surface area contributed by atoms with Gasteiger partial charge in [-0.25, -0.2) is 4.39 Å². The van der Waals surface area contributed by atoms with Crippen LogP contribution in [0.4, 0.5) is 10.1 Å². The first-order valence-corrected chi connectivity index (χ1v) is 7.06. The molecule has 0 saturated carbocycles. The highest BCUT2D eigenvalue weighted by molar-refractivity contribution is 5.51. The van der Waals surface area contributed by atoms with Crippen molar-refractivity contribution in [2.24, 2.45) is 0 Å². The molecule has 1 aromatic carbocycles. The van der Waals surface area contributed by atoms with Crippen molar-refractivity contribution in [2.75, 3.05) is 65.4 Å². The van der Waals surface area contributed by atoms with E-state index < -0.39 is 0 Å². The van der Waals surface area contributed by atoms with Crippen LogP contribution in [-0.2, 0) is 0 Å². The fourth-order valence-electron chi connectivity index (χ4n) is 2.22. The van der Waals surface area contributed by atoms with Gasteiger partial charge in [0.2, 0.25) is 0 Å². The lowest BCUT2D eigenvalue weighted by Gasteiger charge is -2.34. The third-order valence-corrected chi connectivity index (χ3v) is 3.53. The summed E-state index contributed by atoms with van der Waals surface area (Å²) in [5, 5.41) is 0. The van der Waals surface area contributed by atoms with Crippen LogP contribution in [-0.4, -0.2) is 70.3 Å². The predicted octanol–water partition coefficient (Wildman–Crippen LogP) is 1.52. The third kappa shape index (κ3) is 4.35. The maximum absolute atomic E-state index is 13.7. The lowest BCUT2D eigenvalue weighted by atomic mass is 10.2. The van der Waals surface area contributed by atoms with Crippen LogP contribution < -0.4 is 9.64 Å². The minimum atomic E-state index is -0.235. The van der Waals surface area contributed by atoms with Crippen LogP contribution in [0.25, 0.3) is 0 Å². The number of likely N-dealkylation sites (N-methyl/N-ethyl adjacent to an activating group) is 2. The second-order valence-corrected chi connectivity index (χ2v) is 5.59. The Morgan fingerprint density at radius 2 is 1.85 bits per heavy atom. The molecule has 0 bridgehead atoms. The second kappa shape index (κ2) is 6.90. The average molecular weight is 281 g/mol. The summed E-state index contributed by atoms with van der Waals surface area (Å²) < 4.78 is 19.3. The molecule has 0 unspecified atom stereocenters. The number of nitrogens with zero attached hydrogens (tertiary/aromatic N) is 3. The Balaban J connectivity index is 2.00. The van der Waals surface area contributed by atoms with E-state index in [0.29, 0.717) is 12.4 Å². The molecule has 1 heterocycles. The van der Waals surface area contributed by atoms with Gasteiger partial charge in [0.05, 0.1) is 0 Å². The van der Waals surface area contributed by atoms with Crippen LogP contribution >= 0.6 is 0 Å². The Labute approximate surface area is 120 Å². The van der Waals surface area contributed by atoms with Crippen molar-refractivity contribution in [2.45, 2.75) is 0 Å². The first kappa shape index (κ1) is 15.1. The molecule has 0 aromatic heterocycles. The standard InChI is InChI=1S/C15H24FN3O/c1-17(2)8-9-20-15-11-13(16)10-14(12-15)19-6-4-18(3)5-7-19/h10-12H,4-9H2,1-3H3. The zero-order valence-electron chi connectivity index (χ0n) is 12.6. The molecule has 4 nitrogen and oxygen atoms in total. The van der Waals surface area contributed by atoms with Gasteiger partial charge in [-0.15, -0.1) is 0 Å². The molecule has 1 aliphatic rings. The molecule has 0 aliphatic carbocycles. The highest BCUT2D eigenvalue weighted by Gasteiger charge is 2.15. The Kier molecular flexibility index (Phi) is 5.20. The lowest BCUT2D eigenvalue weighted by molar-refractivity contribution is 0.260. The van der Waals surface area contributed by atoms with Crippen molar-refractivity contribution in [3.63, 3.8) is 0 Å². The summed E-state index contributed by atoms with van der Waals surface area (Å²) in [5.74, 6) is 0.377. The van der Waals surface area contributed by atoms with E-state index in [1.165, 1.54) is 6.07 Å². The van der Waals surface area contributed by atoms with Crippen molar-refractivity contribution >= 4 is 5.69 Å². The van der Waals surface area contributed by atoms with E-state index in [-0.39, 0.29) is 5.82 Å². The number of anilines is 1. The van der Waals surface area contributed by atoms with Gasteiger partial charge < -0.3 is 19.4 Å². The van der Waals surface area contributed by atoms with Gasteiger partial charge in [-0.3, -0.25) is 0 Å². The molecule has 1 saturated heterocycles. The third-order valence-electron chi connectivity index (χ3n) is 3.53.